The number of aryl methyl sites for hydroxylation is 1. The second-order valence-electron chi connectivity index (χ2n) is 8.38. The van der Waals surface area contributed by atoms with Crippen LogP contribution in [0.15, 0.2) is 38.3 Å². The Morgan fingerprint density at radius 3 is 2.32 bits per heavy atom. The van der Waals surface area contributed by atoms with Gasteiger partial charge in [-0.2, -0.15) is 0 Å². The molecular weight excluding hydrogens is 438 g/mol. The van der Waals surface area contributed by atoms with Crippen molar-refractivity contribution < 1.29 is 18.6 Å². The maximum atomic E-state index is 13.3. The second-order valence-corrected chi connectivity index (χ2v) is 8.38. The molecule has 5 rings (SSSR count). The Balaban J connectivity index is 2.07. The standard InChI is InChI=1S/C25H25N3O6/c1-11(2)28-24-18(25(30)27-28)17(13-8-10-16(31-4)22(33-6)21(13)32-5)23-19(26-24)14-7-9-15(29)12(3)20(14)34-23/h7-11,26H,1-6H3,(H,27,30). The van der Waals surface area contributed by atoms with E-state index >= 15 is 0 Å². The van der Waals surface area contributed by atoms with Crippen molar-refractivity contribution in [1.29, 1.82) is 0 Å². The summed E-state index contributed by atoms with van der Waals surface area (Å²) >= 11 is 0. The smallest absolute Gasteiger partial charge is 0.274 e. The van der Waals surface area contributed by atoms with Crippen LogP contribution in [0.1, 0.15) is 25.5 Å². The Bertz CT molecular complexity index is 1700. The number of nitrogens with one attached hydrogen (secondary N) is 2. The fourth-order valence-electron chi connectivity index (χ4n) is 4.56. The fraction of sp³-hybridized carbons (Fsp3) is 0.280. The number of hydrogen-bond acceptors (Lipinski definition) is 6. The number of furan rings is 1. The third-order valence-corrected chi connectivity index (χ3v) is 6.19. The van der Waals surface area contributed by atoms with Gasteiger partial charge < -0.3 is 23.6 Å². The summed E-state index contributed by atoms with van der Waals surface area (Å²) in [7, 11) is 4.59. The molecule has 34 heavy (non-hydrogen) atoms. The zero-order chi connectivity index (χ0) is 24.3. The van der Waals surface area contributed by atoms with Crippen molar-refractivity contribution in [1.82, 2.24) is 14.8 Å². The van der Waals surface area contributed by atoms with Gasteiger partial charge in [0.15, 0.2) is 22.5 Å². The summed E-state index contributed by atoms with van der Waals surface area (Å²) in [6.45, 7) is 5.68. The minimum Gasteiger partial charge on any atom is -0.493 e. The molecule has 0 aliphatic carbocycles. The normalized spacial score (nSPS) is 11.7. The van der Waals surface area contributed by atoms with Crippen LogP contribution in [0.3, 0.4) is 0 Å². The first kappa shape index (κ1) is 21.7. The number of aromatic nitrogens is 3. The van der Waals surface area contributed by atoms with Crippen molar-refractivity contribution in [2.45, 2.75) is 26.8 Å². The molecule has 5 aromatic rings. The molecule has 0 amide bonds. The van der Waals surface area contributed by atoms with E-state index in [1.54, 1.807) is 36.9 Å². The van der Waals surface area contributed by atoms with E-state index in [1.807, 2.05) is 13.8 Å². The van der Waals surface area contributed by atoms with Crippen LogP contribution in [-0.2, 0) is 0 Å². The maximum absolute atomic E-state index is 13.3. The molecule has 176 valence electrons. The average Bonchev–Trinajstić information content (AvgIpc) is 3.37. The quantitative estimate of drug-likeness (QED) is 0.397. The van der Waals surface area contributed by atoms with Gasteiger partial charge >= 0.3 is 0 Å². The second kappa shape index (κ2) is 7.72. The SMILES string of the molecule is COc1ccc(-c2c3oc4c(C)c(=O)ccc4c3[nH]c3c2c(=O)[nH]n3C(C)C)c(OC)c1OC. The highest BCUT2D eigenvalue weighted by Crippen LogP contribution is 2.48. The van der Waals surface area contributed by atoms with E-state index in [0.29, 0.717) is 61.7 Å². The fourth-order valence-corrected chi connectivity index (χ4v) is 4.56. The zero-order valence-electron chi connectivity index (χ0n) is 19.8. The molecule has 2 aromatic carbocycles. The van der Waals surface area contributed by atoms with E-state index in [0.717, 1.165) is 5.39 Å². The van der Waals surface area contributed by atoms with Crippen LogP contribution >= 0.6 is 0 Å². The lowest BCUT2D eigenvalue weighted by atomic mass is 9.99. The van der Waals surface area contributed by atoms with Crippen LogP contribution in [-0.4, -0.2) is 36.1 Å². The molecule has 0 bridgehead atoms. The first-order chi connectivity index (χ1) is 16.3. The summed E-state index contributed by atoms with van der Waals surface area (Å²) in [6, 6.07) is 6.79. The van der Waals surface area contributed by atoms with E-state index in [-0.39, 0.29) is 17.0 Å². The zero-order valence-corrected chi connectivity index (χ0v) is 19.8. The highest BCUT2D eigenvalue weighted by molar-refractivity contribution is 6.15. The van der Waals surface area contributed by atoms with Gasteiger partial charge in [0.1, 0.15) is 11.2 Å². The van der Waals surface area contributed by atoms with Crippen molar-refractivity contribution in [3.05, 3.63) is 50.4 Å². The Morgan fingerprint density at radius 2 is 1.68 bits per heavy atom. The summed E-state index contributed by atoms with van der Waals surface area (Å²) in [5, 5.41) is 4.08. The minimum absolute atomic E-state index is 0.0211. The molecule has 9 heteroatoms. The van der Waals surface area contributed by atoms with Crippen molar-refractivity contribution in [2.24, 2.45) is 0 Å². The van der Waals surface area contributed by atoms with Crippen LogP contribution in [0.2, 0.25) is 0 Å². The Morgan fingerprint density at radius 1 is 0.941 bits per heavy atom. The van der Waals surface area contributed by atoms with Gasteiger partial charge in [0.05, 0.1) is 32.2 Å². The summed E-state index contributed by atoms with van der Waals surface area (Å²) < 4.78 is 24.8. The molecule has 0 saturated carbocycles. The summed E-state index contributed by atoms with van der Waals surface area (Å²) in [5.41, 5.74) is 3.41. The van der Waals surface area contributed by atoms with Gasteiger partial charge in [0.2, 0.25) is 5.75 Å². The molecule has 0 saturated heterocycles. The van der Waals surface area contributed by atoms with Gasteiger partial charge in [-0.15, -0.1) is 0 Å². The van der Waals surface area contributed by atoms with Gasteiger partial charge in [-0.1, -0.05) is 0 Å². The molecule has 0 radical (unpaired) electrons. The van der Waals surface area contributed by atoms with Crippen molar-refractivity contribution in [3.63, 3.8) is 0 Å². The number of benzene rings is 2. The highest BCUT2D eigenvalue weighted by atomic mass is 16.5. The number of H-pyrrole nitrogens is 2. The van der Waals surface area contributed by atoms with Gasteiger partial charge in [-0.25, -0.2) is 0 Å². The maximum Gasteiger partial charge on any atom is 0.274 e. The lowest BCUT2D eigenvalue weighted by Crippen LogP contribution is -2.08. The van der Waals surface area contributed by atoms with Gasteiger partial charge in [-0.05, 0) is 45.0 Å². The van der Waals surface area contributed by atoms with Crippen molar-refractivity contribution >= 4 is 33.1 Å². The van der Waals surface area contributed by atoms with Crippen molar-refractivity contribution in [2.75, 3.05) is 21.3 Å². The first-order valence-corrected chi connectivity index (χ1v) is 10.8. The number of nitrogens with zero attached hydrogens (tertiary/aromatic N) is 1. The van der Waals surface area contributed by atoms with Crippen LogP contribution in [0.4, 0.5) is 0 Å². The largest absolute Gasteiger partial charge is 0.493 e. The molecule has 2 N–H and O–H groups in total. The van der Waals surface area contributed by atoms with E-state index in [2.05, 4.69) is 10.1 Å². The molecule has 0 fully saturated rings. The topological polar surface area (TPSA) is 111 Å². The molecule has 3 aromatic heterocycles. The molecule has 0 unspecified atom stereocenters. The van der Waals surface area contributed by atoms with Crippen LogP contribution in [0.5, 0.6) is 17.2 Å². The number of rotatable bonds is 5. The highest BCUT2D eigenvalue weighted by Gasteiger charge is 2.27. The first-order valence-electron chi connectivity index (χ1n) is 10.8. The number of aromatic amines is 2. The lowest BCUT2D eigenvalue weighted by molar-refractivity contribution is 0.325. The molecule has 0 spiro atoms. The Labute approximate surface area is 193 Å². The molecule has 0 aliphatic rings. The number of pyridine rings is 1. The molecule has 0 atom stereocenters. The third-order valence-electron chi connectivity index (χ3n) is 6.19. The number of ether oxygens (including phenoxy) is 3. The summed E-state index contributed by atoms with van der Waals surface area (Å²) in [6.07, 6.45) is 0. The lowest BCUT2D eigenvalue weighted by Gasteiger charge is -2.16. The third kappa shape index (κ3) is 2.86. The van der Waals surface area contributed by atoms with Gasteiger partial charge in [-0.3, -0.25) is 19.4 Å². The molecule has 0 aliphatic heterocycles. The molecule has 9 nitrogen and oxygen atoms in total. The van der Waals surface area contributed by atoms with Crippen molar-refractivity contribution in [3.8, 4) is 28.4 Å². The average molecular weight is 463 g/mol. The predicted octanol–water partition coefficient (Wildman–Crippen LogP) is 4.50. The van der Waals surface area contributed by atoms with E-state index in [1.165, 1.54) is 20.3 Å². The van der Waals surface area contributed by atoms with Gasteiger partial charge in [0.25, 0.3) is 5.56 Å². The minimum atomic E-state index is -0.282. The number of fused-ring (bicyclic) bond motifs is 4. The summed E-state index contributed by atoms with van der Waals surface area (Å²) in [4.78, 5) is 29.0. The molecular formula is C25H25N3O6. The molecule has 3 heterocycles. The monoisotopic (exact) mass is 463 g/mol. The van der Waals surface area contributed by atoms with Gasteiger partial charge in [0, 0.05) is 28.1 Å². The Hall–Kier alpha value is -4.14. The van der Waals surface area contributed by atoms with E-state index in [9.17, 15) is 9.59 Å². The number of methoxy groups -OCH3 is 3. The Kier molecular flexibility index (Phi) is 4.93. The van der Waals surface area contributed by atoms with Crippen LogP contribution in [0.25, 0.3) is 44.2 Å². The van der Waals surface area contributed by atoms with Crippen LogP contribution < -0.4 is 25.2 Å². The predicted molar refractivity (Wildman–Crippen MR) is 131 cm³/mol. The van der Waals surface area contributed by atoms with Crippen LogP contribution in [0, 0.1) is 6.92 Å². The van der Waals surface area contributed by atoms with E-state index in [4.69, 9.17) is 18.6 Å². The van der Waals surface area contributed by atoms with E-state index < -0.39 is 0 Å². The summed E-state index contributed by atoms with van der Waals surface area (Å²) in [5.74, 6) is 1.28. The number of hydrogen-bond donors (Lipinski definition) is 2.